The SMILES string of the molecule is Cc1nccn1-c1cc(CNC(=O)C(C)NC(=O)c2cccs2)ccn1. The van der Waals surface area contributed by atoms with E-state index >= 15 is 0 Å². The second-order valence-corrected chi connectivity index (χ2v) is 6.70. The Bertz CT molecular complexity index is 904. The van der Waals surface area contributed by atoms with E-state index in [1.807, 2.05) is 35.2 Å². The summed E-state index contributed by atoms with van der Waals surface area (Å²) in [5.41, 5.74) is 0.910. The van der Waals surface area contributed by atoms with Gasteiger partial charge in [-0.15, -0.1) is 11.3 Å². The first kappa shape index (κ1) is 17.8. The van der Waals surface area contributed by atoms with E-state index in [0.717, 1.165) is 17.2 Å². The number of thiophene rings is 1. The van der Waals surface area contributed by atoms with Crippen molar-refractivity contribution < 1.29 is 9.59 Å². The first-order valence-corrected chi connectivity index (χ1v) is 9.00. The van der Waals surface area contributed by atoms with E-state index in [4.69, 9.17) is 0 Å². The Morgan fingerprint density at radius 3 is 2.81 bits per heavy atom. The quantitative estimate of drug-likeness (QED) is 0.696. The van der Waals surface area contributed by atoms with Gasteiger partial charge >= 0.3 is 0 Å². The standard InChI is InChI=1S/C18H19N5O2S/c1-12(22-18(25)15-4-3-9-26-15)17(24)21-11-14-5-6-20-16(10-14)23-8-7-19-13(23)2/h3-10,12H,11H2,1-2H3,(H,21,24)(H,22,25). The molecule has 2 amide bonds. The Kier molecular flexibility index (Phi) is 5.43. The number of nitrogens with zero attached hydrogens (tertiary/aromatic N) is 3. The first-order chi connectivity index (χ1) is 12.5. The van der Waals surface area contributed by atoms with E-state index in [1.165, 1.54) is 11.3 Å². The second-order valence-electron chi connectivity index (χ2n) is 5.76. The molecule has 3 aromatic rings. The van der Waals surface area contributed by atoms with Crippen LogP contribution in [0.3, 0.4) is 0 Å². The zero-order valence-electron chi connectivity index (χ0n) is 14.5. The molecule has 7 nitrogen and oxygen atoms in total. The molecule has 134 valence electrons. The summed E-state index contributed by atoms with van der Waals surface area (Å²) in [5, 5.41) is 7.35. The molecule has 0 bridgehead atoms. The monoisotopic (exact) mass is 369 g/mol. The van der Waals surface area contributed by atoms with Gasteiger partial charge in [0.2, 0.25) is 5.91 Å². The number of carbonyl (C=O) groups is 2. The number of rotatable bonds is 6. The van der Waals surface area contributed by atoms with Crippen LogP contribution in [0.4, 0.5) is 0 Å². The summed E-state index contributed by atoms with van der Waals surface area (Å²) in [4.78, 5) is 33.3. The van der Waals surface area contributed by atoms with Crippen molar-refractivity contribution >= 4 is 23.2 Å². The van der Waals surface area contributed by atoms with Gasteiger partial charge in [0.05, 0.1) is 4.88 Å². The molecule has 3 rings (SSSR count). The molecule has 0 aliphatic heterocycles. The van der Waals surface area contributed by atoms with Gasteiger partial charge in [0.25, 0.3) is 5.91 Å². The van der Waals surface area contributed by atoms with Crippen LogP contribution in [0.2, 0.25) is 0 Å². The molecule has 0 aliphatic carbocycles. The molecule has 0 fully saturated rings. The van der Waals surface area contributed by atoms with E-state index in [0.29, 0.717) is 11.4 Å². The van der Waals surface area contributed by atoms with Crippen LogP contribution in [0.1, 0.15) is 28.0 Å². The van der Waals surface area contributed by atoms with Crippen molar-refractivity contribution in [1.29, 1.82) is 0 Å². The number of hydrogen-bond donors (Lipinski definition) is 2. The molecule has 3 aromatic heterocycles. The van der Waals surface area contributed by atoms with Gasteiger partial charge in [-0.25, -0.2) is 9.97 Å². The van der Waals surface area contributed by atoms with Crippen LogP contribution in [-0.2, 0) is 11.3 Å². The van der Waals surface area contributed by atoms with E-state index < -0.39 is 6.04 Å². The molecule has 8 heteroatoms. The zero-order chi connectivity index (χ0) is 18.5. The summed E-state index contributed by atoms with van der Waals surface area (Å²) in [6, 6.07) is 6.63. The van der Waals surface area contributed by atoms with Crippen LogP contribution in [-0.4, -0.2) is 32.4 Å². The lowest BCUT2D eigenvalue weighted by Gasteiger charge is -2.14. The van der Waals surface area contributed by atoms with Gasteiger partial charge < -0.3 is 10.6 Å². The van der Waals surface area contributed by atoms with Gasteiger partial charge in [-0.3, -0.25) is 14.2 Å². The van der Waals surface area contributed by atoms with Crippen molar-refractivity contribution in [2.45, 2.75) is 26.4 Å². The molecule has 26 heavy (non-hydrogen) atoms. The van der Waals surface area contributed by atoms with Crippen LogP contribution in [0.15, 0.2) is 48.2 Å². The molecule has 0 aromatic carbocycles. The summed E-state index contributed by atoms with van der Waals surface area (Å²) in [5.74, 6) is 1.09. The molecule has 0 aliphatic rings. The average molecular weight is 369 g/mol. The van der Waals surface area contributed by atoms with E-state index in [9.17, 15) is 9.59 Å². The number of hydrogen-bond acceptors (Lipinski definition) is 5. The predicted molar refractivity (Wildman–Crippen MR) is 99.2 cm³/mol. The molecule has 0 spiro atoms. The molecule has 0 radical (unpaired) electrons. The van der Waals surface area contributed by atoms with Gasteiger partial charge in [0, 0.05) is 25.1 Å². The van der Waals surface area contributed by atoms with Gasteiger partial charge in [0.15, 0.2) is 0 Å². The van der Waals surface area contributed by atoms with Gasteiger partial charge in [-0.05, 0) is 43.0 Å². The second kappa shape index (κ2) is 7.92. The lowest BCUT2D eigenvalue weighted by atomic mass is 10.2. The number of carbonyl (C=O) groups excluding carboxylic acids is 2. The summed E-state index contributed by atoms with van der Waals surface area (Å²) in [6.45, 7) is 3.91. The fraction of sp³-hybridized carbons (Fsp3) is 0.222. The summed E-state index contributed by atoms with van der Waals surface area (Å²) < 4.78 is 1.87. The van der Waals surface area contributed by atoms with Crippen molar-refractivity contribution in [3.8, 4) is 5.82 Å². The molecule has 0 saturated heterocycles. The maximum Gasteiger partial charge on any atom is 0.261 e. The van der Waals surface area contributed by atoms with Crippen molar-refractivity contribution in [2.75, 3.05) is 0 Å². The Hall–Kier alpha value is -3.00. The van der Waals surface area contributed by atoms with Crippen LogP contribution in [0.25, 0.3) is 5.82 Å². The number of pyridine rings is 1. The first-order valence-electron chi connectivity index (χ1n) is 8.12. The third kappa shape index (κ3) is 4.15. The minimum Gasteiger partial charge on any atom is -0.350 e. The summed E-state index contributed by atoms with van der Waals surface area (Å²) in [6.07, 6.45) is 5.24. The topological polar surface area (TPSA) is 88.9 Å². The van der Waals surface area contributed by atoms with E-state index in [2.05, 4.69) is 20.6 Å². The lowest BCUT2D eigenvalue weighted by Crippen LogP contribution is -2.44. The smallest absolute Gasteiger partial charge is 0.261 e. The van der Waals surface area contributed by atoms with Gasteiger partial charge in [0.1, 0.15) is 17.7 Å². The maximum absolute atomic E-state index is 12.2. The minimum atomic E-state index is -0.623. The Morgan fingerprint density at radius 1 is 1.27 bits per heavy atom. The zero-order valence-corrected chi connectivity index (χ0v) is 15.3. The fourth-order valence-corrected chi connectivity index (χ4v) is 3.03. The Labute approximate surface area is 155 Å². The number of amides is 2. The largest absolute Gasteiger partial charge is 0.350 e. The summed E-state index contributed by atoms with van der Waals surface area (Å²) >= 11 is 1.34. The van der Waals surface area contributed by atoms with Gasteiger partial charge in [-0.2, -0.15) is 0 Å². The van der Waals surface area contributed by atoms with Crippen molar-refractivity contribution in [1.82, 2.24) is 25.2 Å². The Balaban J connectivity index is 1.57. The summed E-state index contributed by atoms with van der Waals surface area (Å²) in [7, 11) is 0. The van der Waals surface area contributed by atoms with Crippen molar-refractivity contribution in [3.63, 3.8) is 0 Å². The average Bonchev–Trinajstić information content (AvgIpc) is 3.31. The maximum atomic E-state index is 12.2. The highest BCUT2D eigenvalue weighted by Crippen LogP contribution is 2.10. The molecule has 1 atom stereocenters. The highest BCUT2D eigenvalue weighted by atomic mass is 32.1. The Morgan fingerprint density at radius 2 is 2.12 bits per heavy atom. The number of imidazole rings is 1. The highest BCUT2D eigenvalue weighted by molar-refractivity contribution is 7.12. The predicted octanol–water partition coefficient (Wildman–Crippen LogP) is 2.07. The van der Waals surface area contributed by atoms with Crippen LogP contribution in [0, 0.1) is 6.92 Å². The normalized spacial score (nSPS) is 11.8. The van der Waals surface area contributed by atoms with Crippen LogP contribution in [0.5, 0.6) is 0 Å². The minimum absolute atomic E-state index is 0.243. The molecular formula is C18H19N5O2S. The highest BCUT2D eigenvalue weighted by Gasteiger charge is 2.17. The molecular weight excluding hydrogens is 350 g/mol. The van der Waals surface area contributed by atoms with E-state index in [-0.39, 0.29) is 11.8 Å². The van der Waals surface area contributed by atoms with Crippen molar-refractivity contribution in [3.05, 3.63) is 64.5 Å². The van der Waals surface area contributed by atoms with E-state index in [1.54, 1.807) is 31.5 Å². The molecule has 3 heterocycles. The number of aryl methyl sites for hydroxylation is 1. The number of nitrogens with one attached hydrogen (secondary N) is 2. The lowest BCUT2D eigenvalue weighted by molar-refractivity contribution is -0.122. The molecule has 1 unspecified atom stereocenters. The fourth-order valence-electron chi connectivity index (χ4n) is 2.41. The van der Waals surface area contributed by atoms with Crippen molar-refractivity contribution in [2.24, 2.45) is 0 Å². The third-order valence-electron chi connectivity index (χ3n) is 3.84. The molecule has 2 N–H and O–H groups in total. The third-order valence-corrected chi connectivity index (χ3v) is 4.70. The van der Waals surface area contributed by atoms with Crippen LogP contribution < -0.4 is 10.6 Å². The molecule has 0 saturated carbocycles. The van der Waals surface area contributed by atoms with Crippen LogP contribution >= 0.6 is 11.3 Å². The van der Waals surface area contributed by atoms with Gasteiger partial charge in [-0.1, -0.05) is 6.07 Å². The number of aromatic nitrogens is 3.